The fourth-order valence-corrected chi connectivity index (χ4v) is 2.83. The number of para-hydroxylation sites is 1. The van der Waals surface area contributed by atoms with Gasteiger partial charge in [-0.25, -0.2) is 9.48 Å². The number of carbonyl (C=O) groups excluding carboxylic acids is 2. The predicted octanol–water partition coefficient (Wildman–Crippen LogP) is 3.60. The Morgan fingerprint density at radius 2 is 1.79 bits per heavy atom. The molecule has 0 bridgehead atoms. The number of anilines is 1. The van der Waals surface area contributed by atoms with Crippen molar-refractivity contribution in [2.75, 3.05) is 12.4 Å². The number of benzene rings is 2. The fourth-order valence-electron chi connectivity index (χ4n) is 2.83. The van der Waals surface area contributed by atoms with Gasteiger partial charge >= 0.3 is 6.09 Å². The summed E-state index contributed by atoms with van der Waals surface area (Å²) < 4.78 is 6.33. The molecular formula is C21H22N4O3. The van der Waals surface area contributed by atoms with E-state index in [4.69, 9.17) is 0 Å². The van der Waals surface area contributed by atoms with E-state index in [2.05, 4.69) is 20.5 Å². The van der Waals surface area contributed by atoms with E-state index in [0.717, 1.165) is 22.5 Å². The molecule has 0 fully saturated rings. The van der Waals surface area contributed by atoms with Crippen molar-refractivity contribution in [1.82, 2.24) is 15.1 Å². The van der Waals surface area contributed by atoms with E-state index in [-0.39, 0.29) is 5.91 Å². The van der Waals surface area contributed by atoms with Crippen molar-refractivity contribution in [3.63, 3.8) is 0 Å². The molecule has 0 atom stereocenters. The van der Waals surface area contributed by atoms with Crippen molar-refractivity contribution < 1.29 is 14.3 Å². The lowest BCUT2D eigenvalue weighted by molar-refractivity contribution is 0.0950. The van der Waals surface area contributed by atoms with Gasteiger partial charge in [0.2, 0.25) is 0 Å². The second-order valence-corrected chi connectivity index (χ2v) is 6.34. The van der Waals surface area contributed by atoms with Gasteiger partial charge in [-0.1, -0.05) is 30.3 Å². The van der Waals surface area contributed by atoms with E-state index in [1.165, 1.54) is 7.11 Å². The molecule has 0 radical (unpaired) electrons. The van der Waals surface area contributed by atoms with Gasteiger partial charge in [0.25, 0.3) is 5.91 Å². The third kappa shape index (κ3) is 4.20. The van der Waals surface area contributed by atoms with E-state index in [1.807, 2.05) is 50.2 Å². The van der Waals surface area contributed by atoms with Crippen molar-refractivity contribution in [2.24, 2.45) is 0 Å². The highest BCUT2D eigenvalue weighted by Gasteiger charge is 2.15. The third-order valence-corrected chi connectivity index (χ3v) is 4.44. The first-order chi connectivity index (χ1) is 13.5. The highest BCUT2D eigenvalue weighted by Crippen LogP contribution is 2.17. The summed E-state index contributed by atoms with van der Waals surface area (Å²) in [5.74, 6) is -0.186. The molecule has 0 unspecified atom stereocenters. The molecule has 0 aliphatic heterocycles. The van der Waals surface area contributed by atoms with E-state index in [1.54, 1.807) is 23.0 Å². The zero-order valence-electron chi connectivity index (χ0n) is 16.0. The van der Waals surface area contributed by atoms with Crippen LogP contribution in [0.25, 0.3) is 5.69 Å². The number of ether oxygens (including phenoxy) is 1. The maximum Gasteiger partial charge on any atom is 0.411 e. The van der Waals surface area contributed by atoms with Crippen molar-refractivity contribution in [3.05, 3.63) is 77.1 Å². The Labute approximate surface area is 163 Å². The van der Waals surface area contributed by atoms with Gasteiger partial charge in [-0.2, -0.15) is 5.10 Å². The summed E-state index contributed by atoms with van der Waals surface area (Å²) >= 11 is 0. The average Bonchev–Trinajstić information content (AvgIpc) is 3.08. The monoisotopic (exact) mass is 378 g/mol. The minimum atomic E-state index is -0.526. The zero-order chi connectivity index (χ0) is 20.1. The van der Waals surface area contributed by atoms with Crippen LogP contribution in [0.2, 0.25) is 0 Å². The lowest BCUT2D eigenvalue weighted by Gasteiger charge is -2.09. The van der Waals surface area contributed by atoms with Crippen LogP contribution in [0.15, 0.2) is 54.7 Å². The van der Waals surface area contributed by atoms with Gasteiger partial charge < -0.3 is 10.1 Å². The van der Waals surface area contributed by atoms with Crippen LogP contribution in [0.4, 0.5) is 10.5 Å². The third-order valence-electron chi connectivity index (χ3n) is 4.44. The molecular weight excluding hydrogens is 356 g/mol. The number of nitrogens with one attached hydrogen (secondary N) is 2. The van der Waals surface area contributed by atoms with Gasteiger partial charge in [-0.15, -0.1) is 0 Å². The highest BCUT2D eigenvalue weighted by molar-refractivity contribution is 5.95. The average molecular weight is 378 g/mol. The Bertz CT molecular complexity index is 993. The Kier molecular flexibility index (Phi) is 5.74. The Morgan fingerprint density at radius 1 is 1.07 bits per heavy atom. The molecule has 2 aromatic carbocycles. The normalized spacial score (nSPS) is 10.4. The Hall–Kier alpha value is -3.61. The first kappa shape index (κ1) is 19.2. The zero-order valence-corrected chi connectivity index (χ0v) is 16.0. The molecule has 0 saturated heterocycles. The van der Waals surface area contributed by atoms with Crippen LogP contribution in [0.5, 0.6) is 0 Å². The molecule has 0 spiro atoms. The van der Waals surface area contributed by atoms with Crippen LogP contribution in [-0.2, 0) is 11.3 Å². The molecule has 1 heterocycles. The van der Waals surface area contributed by atoms with Crippen LogP contribution in [-0.4, -0.2) is 28.9 Å². The summed E-state index contributed by atoms with van der Waals surface area (Å²) in [6.07, 6.45) is 1.06. The van der Waals surface area contributed by atoms with E-state index >= 15 is 0 Å². The molecule has 2 N–H and O–H groups in total. The minimum absolute atomic E-state index is 0.186. The topological polar surface area (TPSA) is 85.2 Å². The number of aromatic nitrogens is 2. The molecule has 2 amide bonds. The number of hydrogen-bond acceptors (Lipinski definition) is 4. The number of aryl methyl sites for hydroxylation is 1. The minimum Gasteiger partial charge on any atom is -0.453 e. The second kappa shape index (κ2) is 8.39. The number of methoxy groups -OCH3 is 1. The first-order valence-corrected chi connectivity index (χ1v) is 8.82. The molecule has 1 aromatic heterocycles. The maximum absolute atomic E-state index is 12.6. The number of hydrogen-bond donors (Lipinski definition) is 2. The maximum atomic E-state index is 12.6. The van der Waals surface area contributed by atoms with Crippen molar-refractivity contribution in [2.45, 2.75) is 20.4 Å². The molecule has 3 aromatic rings. The van der Waals surface area contributed by atoms with Crippen LogP contribution in [0, 0.1) is 13.8 Å². The van der Waals surface area contributed by atoms with E-state index in [0.29, 0.717) is 17.8 Å². The summed E-state index contributed by atoms with van der Waals surface area (Å²) in [5, 5.41) is 9.86. The van der Waals surface area contributed by atoms with Crippen LogP contribution in [0.1, 0.15) is 27.2 Å². The quantitative estimate of drug-likeness (QED) is 0.710. The van der Waals surface area contributed by atoms with Gasteiger partial charge in [0.05, 0.1) is 30.3 Å². The number of rotatable bonds is 5. The van der Waals surface area contributed by atoms with Crippen molar-refractivity contribution in [3.8, 4) is 5.69 Å². The van der Waals surface area contributed by atoms with Gasteiger partial charge in [0.1, 0.15) is 0 Å². The SMILES string of the molecule is COC(=O)Nc1ccc(CNC(=O)c2cnn(-c3ccccc3C)c2C)cc1. The summed E-state index contributed by atoms with van der Waals surface area (Å²) in [5.41, 5.74) is 4.88. The van der Waals surface area contributed by atoms with Gasteiger partial charge in [-0.05, 0) is 43.2 Å². The molecule has 7 heteroatoms. The summed E-state index contributed by atoms with van der Waals surface area (Å²) in [7, 11) is 1.31. The lowest BCUT2D eigenvalue weighted by atomic mass is 10.2. The van der Waals surface area contributed by atoms with Crippen molar-refractivity contribution >= 4 is 17.7 Å². The number of amides is 2. The summed E-state index contributed by atoms with van der Waals surface area (Å²) in [4.78, 5) is 23.8. The van der Waals surface area contributed by atoms with E-state index in [9.17, 15) is 9.59 Å². The molecule has 0 aliphatic rings. The Balaban J connectivity index is 1.66. The molecule has 7 nitrogen and oxygen atoms in total. The second-order valence-electron chi connectivity index (χ2n) is 6.34. The molecule has 0 aliphatic carbocycles. The molecule has 3 rings (SSSR count). The van der Waals surface area contributed by atoms with Gasteiger partial charge in [0, 0.05) is 12.2 Å². The van der Waals surface area contributed by atoms with Crippen LogP contribution >= 0.6 is 0 Å². The van der Waals surface area contributed by atoms with Crippen LogP contribution < -0.4 is 10.6 Å². The smallest absolute Gasteiger partial charge is 0.411 e. The molecule has 144 valence electrons. The van der Waals surface area contributed by atoms with Gasteiger partial charge in [0.15, 0.2) is 0 Å². The number of nitrogens with zero attached hydrogens (tertiary/aromatic N) is 2. The molecule has 0 saturated carbocycles. The Morgan fingerprint density at radius 3 is 2.46 bits per heavy atom. The van der Waals surface area contributed by atoms with Gasteiger partial charge in [-0.3, -0.25) is 10.1 Å². The predicted molar refractivity (Wildman–Crippen MR) is 107 cm³/mol. The lowest BCUT2D eigenvalue weighted by Crippen LogP contribution is -2.23. The molecule has 28 heavy (non-hydrogen) atoms. The standard InChI is InChI=1S/C21H22N4O3/c1-14-6-4-5-7-19(14)25-15(2)18(13-23-25)20(26)22-12-16-8-10-17(11-9-16)24-21(27)28-3/h4-11,13H,12H2,1-3H3,(H,22,26)(H,24,27). The first-order valence-electron chi connectivity index (χ1n) is 8.82. The number of carbonyl (C=O) groups is 2. The summed E-state index contributed by atoms with van der Waals surface area (Å²) in [6.45, 7) is 4.25. The van der Waals surface area contributed by atoms with Crippen LogP contribution in [0.3, 0.4) is 0 Å². The largest absolute Gasteiger partial charge is 0.453 e. The highest BCUT2D eigenvalue weighted by atomic mass is 16.5. The van der Waals surface area contributed by atoms with Crippen molar-refractivity contribution in [1.29, 1.82) is 0 Å². The summed E-state index contributed by atoms with van der Waals surface area (Å²) in [6, 6.07) is 15.1. The fraction of sp³-hybridized carbons (Fsp3) is 0.190. The van der Waals surface area contributed by atoms with E-state index < -0.39 is 6.09 Å².